The largest absolute Gasteiger partial charge is 0.481 e. The molecule has 0 aromatic carbocycles. The summed E-state index contributed by atoms with van der Waals surface area (Å²) in [6, 6.07) is 0. The second kappa shape index (κ2) is 5.53. The van der Waals surface area contributed by atoms with Crippen LogP contribution in [-0.4, -0.2) is 22.6 Å². The second-order valence-electron chi connectivity index (χ2n) is 3.82. The average Bonchev–Trinajstić information content (AvgIpc) is 2.03. The van der Waals surface area contributed by atoms with Gasteiger partial charge in [-0.25, -0.2) is 0 Å². The van der Waals surface area contributed by atoms with Crippen molar-refractivity contribution in [3.8, 4) is 0 Å². The van der Waals surface area contributed by atoms with Gasteiger partial charge in [-0.1, -0.05) is 20.8 Å². The van der Waals surface area contributed by atoms with E-state index in [9.17, 15) is 4.79 Å². The minimum atomic E-state index is -0.667. The molecule has 0 aliphatic heterocycles. The molecule has 0 heterocycles. The summed E-state index contributed by atoms with van der Waals surface area (Å²) in [7, 11) is 0. The number of hydrogen-bond donors (Lipinski definition) is 1. The van der Waals surface area contributed by atoms with Gasteiger partial charge in [-0.3, -0.25) is 4.79 Å². The van der Waals surface area contributed by atoms with E-state index >= 15 is 0 Å². The fourth-order valence-corrected chi connectivity index (χ4v) is 1.93. The molecule has 0 amide bonds. The summed E-state index contributed by atoms with van der Waals surface area (Å²) in [6.45, 7) is 7.89. The lowest BCUT2D eigenvalue weighted by molar-refractivity contribution is -0.150. The summed E-state index contributed by atoms with van der Waals surface area (Å²) in [5.41, 5.74) is -0.553. The zero-order chi connectivity index (χ0) is 10.5. The lowest BCUT2D eigenvalue weighted by Crippen LogP contribution is -2.33. The summed E-state index contributed by atoms with van der Waals surface area (Å²) in [4.78, 5) is 11.0. The van der Waals surface area contributed by atoms with Gasteiger partial charge in [0.2, 0.25) is 0 Å². The first-order chi connectivity index (χ1) is 5.95. The molecule has 0 saturated carbocycles. The Morgan fingerprint density at radius 2 is 2.08 bits per heavy atom. The Labute approximate surface area is 85.1 Å². The Hall–Kier alpha value is -0.180. The van der Waals surface area contributed by atoms with E-state index in [2.05, 4.69) is 6.92 Å². The van der Waals surface area contributed by atoms with Crippen LogP contribution in [0.3, 0.4) is 0 Å². The van der Waals surface area contributed by atoms with Crippen molar-refractivity contribution >= 4 is 17.7 Å². The smallest absolute Gasteiger partial charge is 0.309 e. The van der Waals surface area contributed by atoms with Gasteiger partial charge >= 0.3 is 5.97 Å². The minimum Gasteiger partial charge on any atom is -0.481 e. The highest BCUT2D eigenvalue weighted by Gasteiger charge is 2.35. The van der Waals surface area contributed by atoms with E-state index in [0.717, 1.165) is 17.9 Å². The predicted molar refractivity (Wildman–Crippen MR) is 58.2 cm³/mol. The molecule has 0 bridgehead atoms. The molecule has 78 valence electrons. The van der Waals surface area contributed by atoms with E-state index in [1.807, 2.05) is 20.8 Å². The van der Waals surface area contributed by atoms with Crippen LogP contribution in [0.25, 0.3) is 0 Å². The fourth-order valence-electron chi connectivity index (χ4n) is 1.07. The SMILES string of the molecule is CCSCCC(C)(C(=O)O)C(C)C. The standard InChI is InChI=1S/C10H20O2S/c1-5-13-7-6-10(4,8(2)3)9(11)12/h8H,5-7H2,1-4H3,(H,11,12). The summed E-state index contributed by atoms with van der Waals surface area (Å²) in [5.74, 6) is 1.53. The Bertz CT molecular complexity index is 168. The van der Waals surface area contributed by atoms with Gasteiger partial charge in [-0.05, 0) is 30.8 Å². The van der Waals surface area contributed by atoms with Crippen LogP contribution in [0.2, 0.25) is 0 Å². The zero-order valence-electron chi connectivity index (χ0n) is 8.96. The number of carbonyl (C=O) groups is 1. The number of aliphatic carboxylic acids is 1. The Balaban J connectivity index is 4.17. The van der Waals surface area contributed by atoms with Crippen LogP contribution in [0.5, 0.6) is 0 Å². The molecule has 0 aliphatic carbocycles. The quantitative estimate of drug-likeness (QED) is 0.676. The van der Waals surface area contributed by atoms with Crippen molar-refractivity contribution in [1.82, 2.24) is 0 Å². The first-order valence-corrected chi connectivity index (χ1v) is 5.91. The Morgan fingerprint density at radius 1 is 1.54 bits per heavy atom. The van der Waals surface area contributed by atoms with Gasteiger partial charge in [0.15, 0.2) is 0 Å². The van der Waals surface area contributed by atoms with Gasteiger partial charge < -0.3 is 5.11 Å². The van der Waals surface area contributed by atoms with E-state index in [0.29, 0.717) is 0 Å². The molecule has 3 heteroatoms. The van der Waals surface area contributed by atoms with Gasteiger partial charge in [0, 0.05) is 0 Å². The second-order valence-corrected chi connectivity index (χ2v) is 5.22. The normalized spacial score (nSPS) is 15.8. The Kier molecular flexibility index (Phi) is 5.45. The number of thioether (sulfide) groups is 1. The molecule has 0 fully saturated rings. The van der Waals surface area contributed by atoms with Crippen molar-refractivity contribution in [2.24, 2.45) is 11.3 Å². The lowest BCUT2D eigenvalue weighted by atomic mass is 9.77. The van der Waals surface area contributed by atoms with Crippen molar-refractivity contribution in [2.75, 3.05) is 11.5 Å². The number of hydrogen-bond acceptors (Lipinski definition) is 2. The number of rotatable bonds is 6. The molecule has 1 unspecified atom stereocenters. The topological polar surface area (TPSA) is 37.3 Å². The van der Waals surface area contributed by atoms with Crippen LogP contribution in [0, 0.1) is 11.3 Å². The van der Waals surface area contributed by atoms with Crippen LogP contribution in [0.4, 0.5) is 0 Å². The monoisotopic (exact) mass is 204 g/mol. The maximum atomic E-state index is 11.0. The van der Waals surface area contributed by atoms with Gasteiger partial charge in [0.05, 0.1) is 5.41 Å². The zero-order valence-corrected chi connectivity index (χ0v) is 9.78. The fraction of sp³-hybridized carbons (Fsp3) is 0.900. The molecule has 0 radical (unpaired) electrons. The maximum Gasteiger partial charge on any atom is 0.309 e. The maximum absolute atomic E-state index is 11.0. The van der Waals surface area contributed by atoms with Crippen molar-refractivity contribution < 1.29 is 9.90 Å². The van der Waals surface area contributed by atoms with E-state index in [-0.39, 0.29) is 5.92 Å². The minimum absolute atomic E-state index is 0.197. The van der Waals surface area contributed by atoms with Crippen molar-refractivity contribution in [3.05, 3.63) is 0 Å². The predicted octanol–water partition coefficient (Wildman–Crippen LogP) is 2.88. The molecule has 0 rings (SSSR count). The van der Waals surface area contributed by atoms with Crippen LogP contribution < -0.4 is 0 Å². The van der Waals surface area contributed by atoms with E-state index in [1.54, 1.807) is 11.8 Å². The number of carboxylic acid groups (broad SMARTS) is 1. The molecule has 0 saturated heterocycles. The number of carboxylic acids is 1. The summed E-state index contributed by atoms with van der Waals surface area (Å²) < 4.78 is 0. The third-order valence-corrected chi connectivity index (χ3v) is 3.63. The van der Waals surface area contributed by atoms with E-state index in [4.69, 9.17) is 5.11 Å². The molecular formula is C10H20O2S. The third-order valence-electron chi connectivity index (χ3n) is 2.73. The van der Waals surface area contributed by atoms with Crippen molar-refractivity contribution in [3.63, 3.8) is 0 Å². The molecule has 0 aromatic rings. The molecule has 0 spiro atoms. The van der Waals surface area contributed by atoms with Crippen LogP contribution in [-0.2, 0) is 4.79 Å². The van der Waals surface area contributed by atoms with Crippen molar-refractivity contribution in [1.29, 1.82) is 0 Å². The molecule has 0 aliphatic rings. The van der Waals surface area contributed by atoms with Gasteiger partial charge in [-0.15, -0.1) is 0 Å². The molecule has 13 heavy (non-hydrogen) atoms. The van der Waals surface area contributed by atoms with E-state index in [1.165, 1.54) is 0 Å². The highest BCUT2D eigenvalue weighted by atomic mass is 32.2. The Morgan fingerprint density at radius 3 is 2.38 bits per heavy atom. The van der Waals surface area contributed by atoms with Gasteiger partial charge in [-0.2, -0.15) is 11.8 Å². The van der Waals surface area contributed by atoms with Crippen LogP contribution in [0.15, 0.2) is 0 Å². The molecule has 1 atom stereocenters. The van der Waals surface area contributed by atoms with Gasteiger partial charge in [0.1, 0.15) is 0 Å². The van der Waals surface area contributed by atoms with E-state index < -0.39 is 11.4 Å². The lowest BCUT2D eigenvalue weighted by Gasteiger charge is -2.28. The third kappa shape index (κ3) is 3.59. The molecule has 1 N–H and O–H groups in total. The van der Waals surface area contributed by atoms with Crippen molar-refractivity contribution in [2.45, 2.75) is 34.1 Å². The summed E-state index contributed by atoms with van der Waals surface area (Å²) in [6.07, 6.45) is 0.762. The first-order valence-electron chi connectivity index (χ1n) is 4.76. The highest BCUT2D eigenvalue weighted by molar-refractivity contribution is 7.99. The van der Waals surface area contributed by atoms with Crippen LogP contribution in [0.1, 0.15) is 34.1 Å². The summed E-state index contributed by atoms with van der Waals surface area (Å²) in [5, 5.41) is 9.09. The van der Waals surface area contributed by atoms with Crippen LogP contribution >= 0.6 is 11.8 Å². The molecule has 0 aromatic heterocycles. The first kappa shape index (κ1) is 12.8. The average molecular weight is 204 g/mol. The molecule has 2 nitrogen and oxygen atoms in total. The molecular weight excluding hydrogens is 184 g/mol. The highest BCUT2D eigenvalue weighted by Crippen LogP contribution is 2.32. The van der Waals surface area contributed by atoms with Gasteiger partial charge in [0.25, 0.3) is 0 Å². The summed E-state index contributed by atoms with van der Waals surface area (Å²) >= 11 is 1.81.